The number of likely N-dealkylation sites (N-methyl/N-ethyl adjacent to an activating group) is 1. The number of anilines is 1. The Balaban J connectivity index is 1.09. The number of phenolic OH excluding ortho intramolecular Hbond substituents is 1. The van der Waals surface area contributed by atoms with Crippen LogP contribution in [0.3, 0.4) is 0 Å². The van der Waals surface area contributed by atoms with Gasteiger partial charge in [0.25, 0.3) is 0 Å². The molecule has 0 spiro atoms. The minimum Gasteiger partial charge on any atom is -0.507 e. The second-order valence-corrected chi connectivity index (χ2v) is 26.7. The number of hydrogen-bond acceptors (Lipinski definition) is 19. The lowest BCUT2D eigenvalue weighted by Gasteiger charge is -2.42. The molecule has 5 N–H and O–H groups in total. The largest absolute Gasteiger partial charge is 0.507 e. The summed E-state index contributed by atoms with van der Waals surface area (Å²) < 4.78 is 60.5. The number of hydrogen-bond donors (Lipinski definition) is 5. The van der Waals surface area contributed by atoms with E-state index in [2.05, 4.69) is 21.2 Å². The first-order valence-corrected chi connectivity index (χ1v) is 30.4. The van der Waals surface area contributed by atoms with Gasteiger partial charge in [0, 0.05) is 82.8 Å². The summed E-state index contributed by atoms with van der Waals surface area (Å²) in [5, 5.41) is 32.2. The molecule has 8 atom stereocenters. The Morgan fingerprint density at radius 2 is 1.85 bits per heavy atom. The number of aliphatic hydroxyl groups is 1. The van der Waals surface area contributed by atoms with E-state index in [0.717, 1.165) is 11.1 Å². The number of alkyl carbamates (subject to hydrolysis) is 1. The van der Waals surface area contributed by atoms with Gasteiger partial charge in [0.2, 0.25) is 23.6 Å². The number of rotatable bonds is 18. The average Bonchev–Trinajstić information content (AvgIpc) is 4.12. The third-order valence-corrected chi connectivity index (χ3v) is 19.9. The van der Waals surface area contributed by atoms with Crippen LogP contribution < -0.4 is 30.4 Å². The lowest BCUT2D eigenvalue weighted by Crippen LogP contribution is -2.63. The predicted octanol–water partition coefficient (Wildman–Crippen LogP) is 5.76. The Bertz CT molecular complexity index is 2910. The van der Waals surface area contributed by atoms with Crippen LogP contribution in [0.4, 0.5) is 10.5 Å². The van der Waals surface area contributed by atoms with E-state index in [1.165, 1.54) is 78.8 Å². The number of carbonyl (C=O) groups is 6. The van der Waals surface area contributed by atoms with Crippen molar-refractivity contribution in [1.82, 2.24) is 21.0 Å². The molecule has 4 aliphatic rings. The molecule has 5 amide bonds. The van der Waals surface area contributed by atoms with Gasteiger partial charge in [0.15, 0.2) is 15.6 Å². The zero-order valence-corrected chi connectivity index (χ0v) is 50.0. The molecule has 2 saturated heterocycles. The fraction of sp³-hybridized carbons (Fsp3) is 0.574. The van der Waals surface area contributed by atoms with Crippen LogP contribution in [-0.2, 0) is 59.2 Å². The molecule has 80 heavy (non-hydrogen) atoms. The lowest BCUT2D eigenvalue weighted by molar-refractivity contribution is -0.162. The second kappa shape index (κ2) is 26.6. The molecule has 26 heteroatoms. The number of amides is 5. The topological polar surface area (TPSA) is 291 Å². The maximum absolute atomic E-state index is 14.4. The molecule has 6 rings (SSSR count). The SMILES string of the molecule is CNC(=O)CCCOc1cc(O)c2c(c1)S(=O)(=O)CC/C2=N\NC(=O)CC(C)(C)SSCCC(=O)N(C)[C@@H](C)C(=O)O[C@H]1CC(=O)N(C)c2cc(cc(OC)c2Cl)C/C(C)=C/C=C/[C@@H](OC)[C@@]2(O)C[C@H](OC(=O)N2)[C@@H](C)[C@@H]2O[C@@]12C. The number of methoxy groups -OCH3 is 2. The monoisotopic (exact) mass is 1190 g/mol. The molecule has 440 valence electrons. The lowest BCUT2D eigenvalue weighted by atomic mass is 9.83. The van der Waals surface area contributed by atoms with Gasteiger partial charge in [-0.1, -0.05) is 63.9 Å². The van der Waals surface area contributed by atoms with Crippen molar-refractivity contribution in [1.29, 1.82) is 0 Å². The molecule has 0 unspecified atom stereocenters. The first-order chi connectivity index (χ1) is 37.6. The van der Waals surface area contributed by atoms with Gasteiger partial charge < -0.3 is 53.8 Å². The van der Waals surface area contributed by atoms with Crippen LogP contribution in [0.25, 0.3) is 0 Å². The first kappa shape index (κ1) is 63.6. The van der Waals surface area contributed by atoms with Crippen molar-refractivity contribution in [3.05, 3.63) is 64.2 Å². The molecule has 0 radical (unpaired) electrons. The molecule has 4 aliphatic heterocycles. The third kappa shape index (κ3) is 15.5. The molecule has 4 bridgehead atoms. The van der Waals surface area contributed by atoms with Crippen molar-refractivity contribution in [2.24, 2.45) is 11.0 Å². The van der Waals surface area contributed by atoms with Crippen molar-refractivity contribution < 1.29 is 75.8 Å². The van der Waals surface area contributed by atoms with Crippen molar-refractivity contribution in [3.63, 3.8) is 0 Å². The second-order valence-electron chi connectivity index (χ2n) is 21.1. The Morgan fingerprint density at radius 1 is 1.12 bits per heavy atom. The molecule has 22 nitrogen and oxygen atoms in total. The Labute approximate surface area is 479 Å². The number of sulfone groups is 1. The number of fused-ring (bicyclic) bond motifs is 6. The number of phenols is 1. The summed E-state index contributed by atoms with van der Waals surface area (Å²) in [5.74, 6) is -2.93. The summed E-state index contributed by atoms with van der Waals surface area (Å²) in [4.78, 5) is 82.4. The van der Waals surface area contributed by atoms with E-state index in [0.29, 0.717) is 30.0 Å². The smallest absolute Gasteiger partial charge is 0.409 e. The Morgan fingerprint density at radius 3 is 2.54 bits per heavy atom. The Kier molecular flexibility index (Phi) is 21.1. The highest BCUT2D eigenvalue weighted by molar-refractivity contribution is 8.77. The predicted molar refractivity (Wildman–Crippen MR) is 303 cm³/mol. The van der Waals surface area contributed by atoms with Crippen LogP contribution >= 0.6 is 33.2 Å². The van der Waals surface area contributed by atoms with Crippen LogP contribution in [0.2, 0.25) is 5.02 Å². The quantitative estimate of drug-likeness (QED) is 0.0390. The van der Waals surface area contributed by atoms with Crippen LogP contribution in [0.5, 0.6) is 17.2 Å². The number of epoxide rings is 1. The average molecular weight is 1190 g/mol. The van der Waals surface area contributed by atoms with Gasteiger partial charge >= 0.3 is 12.1 Å². The van der Waals surface area contributed by atoms with Crippen molar-refractivity contribution >= 4 is 90.1 Å². The summed E-state index contributed by atoms with van der Waals surface area (Å²) in [5.41, 5.74) is 1.43. The number of halogens is 1. The van der Waals surface area contributed by atoms with Gasteiger partial charge in [-0.2, -0.15) is 5.10 Å². The molecular formula is C54H73ClN6O16S3. The van der Waals surface area contributed by atoms with Crippen LogP contribution in [0.15, 0.2) is 58.1 Å². The van der Waals surface area contributed by atoms with Crippen molar-refractivity contribution in [3.8, 4) is 17.2 Å². The van der Waals surface area contributed by atoms with Gasteiger partial charge in [-0.3, -0.25) is 24.5 Å². The molecule has 0 aromatic heterocycles. The van der Waals surface area contributed by atoms with E-state index >= 15 is 0 Å². The number of ether oxygens (including phenoxy) is 6. The highest BCUT2D eigenvalue weighted by atomic mass is 35.5. The normalized spacial score (nSPS) is 26.7. The highest BCUT2D eigenvalue weighted by Crippen LogP contribution is 2.49. The van der Waals surface area contributed by atoms with Gasteiger partial charge in [-0.05, 0) is 71.2 Å². The number of nitrogens with one attached hydrogen (secondary N) is 3. The zero-order valence-electron chi connectivity index (χ0n) is 46.8. The summed E-state index contributed by atoms with van der Waals surface area (Å²) >= 11 is 6.83. The summed E-state index contributed by atoms with van der Waals surface area (Å²) in [7, 11) is 6.28. The molecule has 0 saturated carbocycles. The zero-order chi connectivity index (χ0) is 59.1. The third-order valence-electron chi connectivity index (χ3n) is 14.5. The highest BCUT2D eigenvalue weighted by Gasteiger charge is 2.64. The number of carbonyl (C=O) groups excluding carboxylic acids is 6. The van der Waals surface area contributed by atoms with Gasteiger partial charge in [-0.25, -0.2) is 23.4 Å². The molecule has 0 aliphatic carbocycles. The minimum absolute atomic E-state index is 0.00303. The van der Waals surface area contributed by atoms with Crippen molar-refractivity contribution in [2.45, 2.75) is 144 Å². The summed E-state index contributed by atoms with van der Waals surface area (Å²) in [6, 6.07) is 4.96. The van der Waals surface area contributed by atoms with E-state index in [4.69, 9.17) is 40.0 Å². The molecule has 2 fully saturated rings. The molecule has 2 aromatic rings. The summed E-state index contributed by atoms with van der Waals surface area (Å²) in [6.45, 7) is 10.6. The number of benzene rings is 2. The number of allylic oxidation sites excluding steroid dienone is 3. The molecular weight excluding hydrogens is 1120 g/mol. The number of esters is 1. The fourth-order valence-corrected chi connectivity index (χ4v) is 13.9. The van der Waals surface area contributed by atoms with E-state index in [1.807, 2.05) is 26.8 Å². The fourth-order valence-electron chi connectivity index (χ4n) is 9.63. The molecule has 4 heterocycles. The van der Waals surface area contributed by atoms with E-state index in [-0.39, 0.29) is 89.0 Å². The number of hydrazone groups is 1. The molecule has 2 aromatic carbocycles. The maximum atomic E-state index is 14.4. The summed E-state index contributed by atoms with van der Waals surface area (Å²) in [6.07, 6.45) is 0.817. The Hall–Kier alpha value is -5.57. The number of nitrogens with zero attached hydrogens (tertiary/aromatic N) is 3. The van der Waals surface area contributed by atoms with E-state index in [9.17, 15) is 47.4 Å². The van der Waals surface area contributed by atoms with Crippen LogP contribution in [0.1, 0.15) is 97.6 Å². The van der Waals surface area contributed by atoms with E-state index in [1.54, 1.807) is 45.2 Å². The van der Waals surface area contributed by atoms with Gasteiger partial charge in [-0.15, -0.1) is 0 Å². The standard InChI is InChI=1S/C54H73ClN6O16S3/c1-30-14-12-15-41(73-11)54(69)28-39(75-51(68)57-54)31(2)49-53(6,77-49)42(27-46(66)61(9)36-23-33(22-30)24-38(72-10)48(36)55)76-50(67)32(3)60(8)45(65)17-20-78-79-52(4,5)29-44(64)59-58-35-18-21-80(70,71)40-26-34(25-37(62)47(35)40)74-19-13-16-43(63)56-7/h12,14-15,23-26,31-32,39,41-42,49,62,69H,13,16-22,27-29H2,1-11H3,(H,56,63)(H,57,68)(H,59,64)/b15-12+,30-14+,58-35+/t31-,32+,39+,41-,42+,49+,53+,54+/m1/s1. The number of aromatic hydroxyl groups is 1. The van der Waals surface area contributed by atoms with Crippen molar-refractivity contribution in [2.75, 3.05) is 58.4 Å². The van der Waals surface area contributed by atoms with Crippen LogP contribution in [-0.4, -0.2) is 165 Å². The first-order valence-electron chi connectivity index (χ1n) is 26.0. The van der Waals surface area contributed by atoms with Gasteiger partial charge in [0.1, 0.15) is 52.2 Å². The minimum atomic E-state index is -3.81. The van der Waals surface area contributed by atoms with Crippen LogP contribution in [0, 0.1) is 5.92 Å². The van der Waals surface area contributed by atoms with Gasteiger partial charge in [0.05, 0.1) is 53.9 Å². The van der Waals surface area contributed by atoms with E-state index < -0.39 is 92.6 Å². The maximum Gasteiger partial charge on any atom is 0.409 e.